The lowest BCUT2D eigenvalue weighted by atomic mass is 9.84. The van der Waals surface area contributed by atoms with Crippen LogP contribution in [0.15, 0.2) is 24.3 Å². The highest BCUT2D eigenvalue weighted by Crippen LogP contribution is 2.28. The second kappa shape index (κ2) is 6.48. The molecule has 1 aliphatic heterocycles. The summed E-state index contributed by atoms with van der Waals surface area (Å²) >= 11 is 0. The summed E-state index contributed by atoms with van der Waals surface area (Å²) in [4.78, 5) is 12.5. The highest BCUT2D eigenvalue weighted by Gasteiger charge is 2.30. The molecule has 2 aliphatic rings. The Kier molecular flexibility index (Phi) is 4.44. The van der Waals surface area contributed by atoms with Gasteiger partial charge >= 0.3 is 0 Å². The average Bonchev–Trinajstić information content (AvgIpc) is 2.55. The molecule has 1 heterocycles. The van der Waals surface area contributed by atoms with Crippen molar-refractivity contribution >= 4 is 5.91 Å². The third-order valence-corrected chi connectivity index (χ3v) is 4.79. The Hall–Kier alpha value is -1.55. The fourth-order valence-corrected chi connectivity index (χ4v) is 3.48. The van der Waals surface area contributed by atoms with Crippen LogP contribution in [0.4, 0.5) is 0 Å². The number of nitrogens with one attached hydrogen (secondary N) is 1. The molecule has 3 atom stereocenters. The van der Waals surface area contributed by atoms with E-state index in [0.717, 1.165) is 30.6 Å². The molecule has 3 N–H and O–H groups in total. The number of fused-ring (bicyclic) bond motifs is 1. The zero-order valence-corrected chi connectivity index (χ0v) is 12.4. The number of benzene rings is 1. The maximum Gasteiger partial charge on any atom is 0.227 e. The molecule has 1 saturated carbocycles. The van der Waals surface area contributed by atoms with E-state index in [4.69, 9.17) is 10.5 Å². The molecule has 0 aromatic heterocycles. The lowest BCUT2D eigenvalue weighted by Gasteiger charge is -2.33. The normalized spacial score (nSPS) is 28.3. The molecule has 1 fully saturated rings. The van der Waals surface area contributed by atoms with Gasteiger partial charge in [0.25, 0.3) is 0 Å². The Labute approximate surface area is 126 Å². The summed E-state index contributed by atoms with van der Waals surface area (Å²) in [6, 6.07) is 8.21. The molecular weight excluding hydrogens is 264 g/mol. The molecule has 0 spiro atoms. The Bertz CT molecular complexity index is 503. The fourth-order valence-electron chi connectivity index (χ4n) is 3.48. The van der Waals surface area contributed by atoms with E-state index in [1.807, 2.05) is 24.3 Å². The highest BCUT2D eigenvalue weighted by molar-refractivity contribution is 5.80. The SMILES string of the molecule is NCC1CCCCC1NC(=O)C1COc2ccccc2C1. The number of hydrogen-bond acceptors (Lipinski definition) is 3. The Balaban J connectivity index is 1.61. The van der Waals surface area contributed by atoms with Gasteiger partial charge in [0.2, 0.25) is 5.91 Å². The summed E-state index contributed by atoms with van der Waals surface area (Å²) in [5.74, 6) is 1.38. The number of carbonyl (C=O) groups is 1. The summed E-state index contributed by atoms with van der Waals surface area (Å²) in [5.41, 5.74) is 6.96. The van der Waals surface area contributed by atoms with Gasteiger partial charge in [-0.2, -0.15) is 0 Å². The quantitative estimate of drug-likeness (QED) is 0.892. The minimum absolute atomic E-state index is 0.0831. The highest BCUT2D eigenvalue weighted by atomic mass is 16.5. The van der Waals surface area contributed by atoms with E-state index in [-0.39, 0.29) is 17.9 Å². The smallest absolute Gasteiger partial charge is 0.227 e. The molecule has 1 amide bonds. The largest absolute Gasteiger partial charge is 0.492 e. The summed E-state index contributed by atoms with van der Waals surface area (Å²) in [5, 5.41) is 3.22. The topological polar surface area (TPSA) is 64.3 Å². The van der Waals surface area contributed by atoms with Crippen LogP contribution < -0.4 is 15.8 Å². The van der Waals surface area contributed by atoms with Gasteiger partial charge in [-0.15, -0.1) is 0 Å². The van der Waals surface area contributed by atoms with Gasteiger partial charge in [0.05, 0.1) is 5.92 Å². The Morgan fingerprint density at radius 3 is 2.95 bits per heavy atom. The van der Waals surface area contributed by atoms with Crippen LogP contribution in [0.5, 0.6) is 5.75 Å². The Morgan fingerprint density at radius 2 is 2.10 bits per heavy atom. The van der Waals surface area contributed by atoms with E-state index >= 15 is 0 Å². The first-order valence-corrected chi connectivity index (χ1v) is 7.99. The van der Waals surface area contributed by atoms with Gasteiger partial charge in [-0.3, -0.25) is 4.79 Å². The summed E-state index contributed by atoms with van der Waals surface area (Å²) in [6.45, 7) is 1.14. The van der Waals surface area contributed by atoms with Crippen LogP contribution >= 0.6 is 0 Å². The van der Waals surface area contributed by atoms with Crippen molar-refractivity contribution in [1.29, 1.82) is 0 Å². The molecule has 1 aromatic rings. The third-order valence-electron chi connectivity index (χ3n) is 4.79. The lowest BCUT2D eigenvalue weighted by Crippen LogP contribution is -2.48. The van der Waals surface area contributed by atoms with Crippen LogP contribution in [-0.4, -0.2) is 25.1 Å². The lowest BCUT2D eigenvalue weighted by molar-refractivity contribution is -0.127. The van der Waals surface area contributed by atoms with E-state index in [1.54, 1.807) is 0 Å². The zero-order valence-electron chi connectivity index (χ0n) is 12.4. The number of rotatable bonds is 3. The van der Waals surface area contributed by atoms with Gasteiger partial charge in [0.15, 0.2) is 0 Å². The summed E-state index contributed by atoms with van der Waals surface area (Å²) in [6.07, 6.45) is 5.37. The molecule has 0 bridgehead atoms. The summed E-state index contributed by atoms with van der Waals surface area (Å²) in [7, 11) is 0. The van der Waals surface area contributed by atoms with Crippen molar-refractivity contribution in [3.05, 3.63) is 29.8 Å². The predicted octanol–water partition coefficient (Wildman–Crippen LogP) is 1.87. The molecule has 114 valence electrons. The van der Waals surface area contributed by atoms with E-state index in [2.05, 4.69) is 5.32 Å². The minimum atomic E-state index is -0.0831. The second-order valence-corrected chi connectivity index (χ2v) is 6.22. The van der Waals surface area contributed by atoms with Crippen LogP contribution in [0, 0.1) is 11.8 Å². The van der Waals surface area contributed by atoms with Gasteiger partial charge in [-0.25, -0.2) is 0 Å². The monoisotopic (exact) mass is 288 g/mol. The number of para-hydroxylation sites is 1. The van der Waals surface area contributed by atoms with Crippen LogP contribution in [-0.2, 0) is 11.2 Å². The van der Waals surface area contributed by atoms with Crippen LogP contribution in [0.2, 0.25) is 0 Å². The van der Waals surface area contributed by atoms with Crippen LogP contribution in [0.3, 0.4) is 0 Å². The number of nitrogens with two attached hydrogens (primary N) is 1. The van der Waals surface area contributed by atoms with Crippen LogP contribution in [0.1, 0.15) is 31.2 Å². The van der Waals surface area contributed by atoms with Crippen molar-refractivity contribution < 1.29 is 9.53 Å². The minimum Gasteiger partial charge on any atom is -0.492 e. The fraction of sp³-hybridized carbons (Fsp3) is 0.588. The molecule has 0 saturated heterocycles. The van der Waals surface area contributed by atoms with Crippen molar-refractivity contribution in [1.82, 2.24) is 5.32 Å². The molecule has 0 radical (unpaired) electrons. The maximum absolute atomic E-state index is 12.5. The third kappa shape index (κ3) is 3.21. The van der Waals surface area contributed by atoms with Gasteiger partial charge in [-0.1, -0.05) is 31.0 Å². The first-order chi connectivity index (χ1) is 10.3. The standard InChI is InChI=1S/C17H24N2O2/c18-10-13-6-1-3-7-15(13)19-17(20)14-9-12-5-2-4-8-16(12)21-11-14/h2,4-5,8,13-15H,1,3,6-7,9-11,18H2,(H,19,20). The molecule has 1 aliphatic carbocycles. The number of amides is 1. The molecule has 3 unspecified atom stereocenters. The molecule has 21 heavy (non-hydrogen) atoms. The van der Waals surface area contributed by atoms with Crippen LogP contribution in [0.25, 0.3) is 0 Å². The van der Waals surface area contributed by atoms with E-state index < -0.39 is 0 Å². The van der Waals surface area contributed by atoms with Gasteiger partial charge in [0.1, 0.15) is 12.4 Å². The van der Waals surface area contributed by atoms with Crippen molar-refractivity contribution in [2.24, 2.45) is 17.6 Å². The Morgan fingerprint density at radius 1 is 1.29 bits per heavy atom. The van der Waals surface area contributed by atoms with E-state index in [9.17, 15) is 4.79 Å². The summed E-state index contributed by atoms with van der Waals surface area (Å²) < 4.78 is 5.71. The molecule has 3 rings (SSSR count). The predicted molar refractivity (Wildman–Crippen MR) is 82.1 cm³/mol. The number of ether oxygens (including phenoxy) is 1. The second-order valence-electron chi connectivity index (χ2n) is 6.22. The zero-order chi connectivity index (χ0) is 14.7. The maximum atomic E-state index is 12.5. The first kappa shape index (κ1) is 14.4. The average molecular weight is 288 g/mol. The molecule has 4 heteroatoms. The van der Waals surface area contributed by atoms with Crippen molar-refractivity contribution in [2.45, 2.75) is 38.1 Å². The first-order valence-electron chi connectivity index (χ1n) is 7.99. The van der Waals surface area contributed by atoms with E-state index in [0.29, 0.717) is 19.1 Å². The van der Waals surface area contributed by atoms with Gasteiger partial charge in [0, 0.05) is 6.04 Å². The van der Waals surface area contributed by atoms with E-state index in [1.165, 1.54) is 12.8 Å². The van der Waals surface area contributed by atoms with Crippen molar-refractivity contribution in [3.63, 3.8) is 0 Å². The molecule has 1 aromatic carbocycles. The molecular formula is C17H24N2O2. The van der Waals surface area contributed by atoms with Gasteiger partial charge in [-0.05, 0) is 43.4 Å². The molecule has 4 nitrogen and oxygen atoms in total. The number of hydrogen-bond donors (Lipinski definition) is 2. The number of carbonyl (C=O) groups excluding carboxylic acids is 1. The van der Waals surface area contributed by atoms with Crippen molar-refractivity contribution in [2.75, 3.05) is 13.2 Å². The van der Waals surface area contributed by atoms with Crippen molar-refractivity contribution in [3.8, 4) is 5.75 Å². The van der Waals surface area contributed by atoms with Gasteiger partial charge < -0.3 is 15.8 Å².